The minimum atomic E-state index is -0.954. The van der Waals surface area contributed by atoms with E-state index in [1.807, 2.05) is 6.07 Å². The summed E-state index contributed by atoms with van der Waals surface area (Å²) in [4.78, 5) is 51.8. The van der Waals surface area contributed by atoms with E-state index in [1.54, 1.807) is 34.6 Å². The van der Waals surface area contributed by atoms with Gasteiger partial charge in [-0.3, -0.25) is 9.59 Å². The van der Waals surface area contributed by atoms with Crippen molar-refractivity contribution in [2.75, 3.05) is 11.9 Å². The van der Waals surface area contributed by atoms with Gasteiger partial charge in [0.25, 0.3) is 5.09 Å². The largest absolute Gasteiger partial charge is 0.426 e. The lowest BCUT2D eigenvalue weighted by atomic mass is 10.1. The fraction of sp³-hybridized carbons (Fsp3) is 0.182. The van der Waals surface area contributed by atoms with Crippen molar-refractivity contribution >= 4 is 56.4 Å². The Kier molecular flexibility index (Phi) is 9.00. The highest BCUT2D eigenvalue weighted by molar-refractivity contribution is 7.80. The van der Waals surface area contributed by atoms with Gasteiger partial charge in [-0.2, -0.15) is 0 Å². The summed E-state index contributed by atoms with van der Waals surface area (Å²) in [5.41, 5.74) is 1.13. The molecule has 13 heteroatoms. The number of ether oxygens (including phenoxy) is 2. The maximum Gasteiger partial charge on any atom is 0.347 e. The molecule has 35 heavy (non-hydrogen) atoms. The lowest BCUT2D eigenvalue weighted by molar-refractivity contribution is -0.757. The lowest BCUT2D eigenvalue weighted by Gasteiger charge is -2.12. The van der Waals surface area contributed by atoms with Crippen LogP contribution in [0, 0.1) is 13.9 Å². The van der Waals surface area contributed by atoms with Gasteiger partial charge in [-0.25, -0.2) is 4.79 Å². The Hall–Kier alpha value is -3.68. The Morgan fingerprint density at radius 3 is 2.43 bits per heavy atom. The zero-order valence-corrected chi connectivity index (χ0v) is 20.6. The van der Waals surface area contributed by atoms with Crippen molar-refractivity contribution in [1.82, 2.24) is 0 Å². The van der Waals surface area contributed by atoms with E-state index in [2.05, 4.69) is 10.2 Å². The molecule has 10 nitrogen and oxygen atoms in total. The maximum absolute atomic E-state index is 12.9. The fourth-order valence-corrected chi connectivity index (χ4v) is 5.21. The zero-order valence-electron chi connectivity index (χ0n) is 18.2. The summed E-state index contributed by atoms with van der Waals surface area (Å²) >= 11 is 5.15. The molecule has 1 N–H and O–H groups in total. The molecule has 0 aliphatic carbocycles. The second-order valence-corrected chi connectivity index (χ2v) is 9.85. The number of hydrogen-bond donors (Lipinski definition) is 1. The van der Waals surface area contributed by atoms with Gasteiger partial charge in [0.2, 0.25) is 5.91 Å². The van der Waals surface area contributed by atoms with Crippen LogP contribution >= 0.6 is 32.9 Å². The number of nitrogens with one attached hydrogen (secondary N) is 1. The van der Waals surface area contributed by atoms with Crippen LogP contribution < -0.4 is 14.8 Å². The van der Waals surface area contributed by atoms with Gasteiger partial charge in [0, 0.05) is 23.9 Å². The molecule has 3 rings (SSSR count). The molecule has 2 aromatic carbocycles. The first-order chi connectivity index (χ1) is 16.7. The SMILES string of the molecule is CC(=O)Nc1ccc(OC(=O)CCCO[N+](=O)[O-])c(C(=O)Oc2ccc(-c3cc(=S)ss3)cc2)c1. The number of carbonyl (C=O) groups is 3. The molecule has 182 valence electrons. The van der Waals surface area contributed by atoms with Crippen molar-refractivity contribution in [2.45, 2.75) is 19.8 Å². The minimum Gasteiger partial charge on any atom is -0.426 e. The summed E-state index contributed by atoms with van der Waals surface area (Å²) in [5.74, 6) is -1.71. The predicted octanol–water partition coefficient (Wildman–Crippen LogP) is 5.28. The number of amides is 1. The van der Waals surface area contributed by atoms with Crippen molar-refractivity contribution in [2.24, 2.45) is 0 Å². The third-order valence-corrected chi connectivity index (χ3v) is 7.19. The second kappa shape index (κ2) is 12.1. The van der Waals surface area contributed by atoms with Gasteiger partial charge >= 0.3 is 11.9 Å². The van der Waals surface area contributed by atoms with Crippen LogP contribution in [0.2, 0.25) is 0 Å². The van der Waals surface area contributed by atoms with Crippen LogP contribution in [0.5, 0.6) is 11.5 Å². The second-order valence-electron chi connectivity index (χ2n) is 6.93. The number of nitrogens with zero attached hydrogens (tertiary/aromatic N) is 1. The fourth-order valence-electron chi connectivity index (χ4n) is 2.81. The highest BCUT2D eigenvalue weighted by Gasteiger charge is 2.19. The highest BCUT2D eigenvalue weighted by atomic mass is 32.9. The number of anilines is 1. The van der Waals surface area contributed by atoms with E-state index in [-0.39, 0.29) is 42.4 Å². The van der Waals surface area contributed by atoms with Crippen LogP contribution in [-0.2, 0) is 14.4 Å². The molecule has 0 saturated heterocycles. The Balaban J connectivity index is 1.75. The van der Waals surface area contributed by atoms with Gasteiger partial charge in [-0.05, 0) is 60.5 Å². The van der Waals surface area contributed by atoms with Crippen LogP contribution in [0.25, 0.3) is 10.4 Å². The molecule has 0 unspecified atom stereocenters. The molecule has 0 fully saturated rings. The van der Waals surface area contributed by atoms with E-state index in [9.17, 15) is 24.5 Å². The summed E-state index contributed by atoms with van der Waals surface area (Å²) in [7, 11) is 3.04. The first-order valence-corrected chi connectivity index (χ1v) is 12.6. The van der Waals surface area contributed by atoms with Gasteiger partial charge < -0.3 is 19.6 Å². The third kappa shape index (κ3) is 7.95. The standard InChI is InChI=1S/C22H18N2O8S3/c1-13(25)23-15-6-9-18(32-20(26)3-2-10-30-24(28)29)17(11-15)22(27)31-16-7-4-14(5-8-16)19-12-21(33)35-34-19/h4-9,11-12H,2-3,10H2,1H3,(H,23,25). The van der Waals surface area contributed by atoms with E-state index >= 15 is 0 Å². The molecule has 0 aliphatic heterocycles. The van der Waals surface area contributed by atoms with E-state index < -0.39 is 17.0 Å². The third-order valence-electron chi connectivity index (χ3n) is 4.28. The van der Waals surface area contributed by atoms with Crippen LogP contribution in [0.1, 0.15) is 30.1 Å². The van der Waals surface area contributed by atoms with Crippen LogP contribution in [0.4, 0.5) is 5.69 Å². The maximum atomic E-state index is 12.9. The van der Waals surface area contributed by atoms with Crippen LogP contribution in [0.15, 0.2) is 48.5 Å². The molecule has 0 aliphatic rings. The molecule has 0 spiro atoms. The molecule has 0 atom stereocenters. The van der Waals surface area contributed by atoms with Crippen molar-refractivity contribution < 1.29 is 33.8 Å². The number of hydrogen-bond acceptors (Lipinski definition) is 11. The minimum absolute atomic E-state index is 0.0495. The van der Waals surface area contributed by atoms with Gasteiger partial charge in [-0.15, -0.1) is 10.1 Å². The highest BCUT2D eigenvalue weighted by Crippen LogP contribution is 2.31. The predicted molar refractivity (Wildman–Crippen MR) is 132 cm³/mol. The van der Waals surface area contributed by atoms with E-state index in [4.69, 9.17) is 21.7 Å². The van der Waals surface area contributed by atoms with Crippen molar-refractivity contribution in [3.8, 4) is 21.9 Å². The molecule has 3 aromatic rings. The molecule has 1 amide bonds. The average molecular weight is 535 g/mol. The average Bonchev–Trinajstić information content (AvgIpc) is 3.24. The zero-order chi connectivity index (χ0) is 25.4. The lowest BCUT2D eigenvalue weighted by Crippen LogP contribution is -2.16. The first kappa shape index (κ1) is 25.9. The van der Waals surface area contributed by atoms with Gasteiger partial charge in [0.15, 0.2) is 0 Å². The van der Waals surface area contributed by atoms with E-state index in [0.717, 1.165) is 14.3 Å². The molecule has 1 heterocycles. The van der Waals surface area contributed by atoms with E-state index in [1.165, 1.54) is 35.5 Å². The Bertz CT molecular complexity index is 1300. The first-order valence-electron chi connectivity index (χ1n) is 10.0. The number of benzene rings is 2. The summed E-state index contributed by atoms with van der Waals surface area (Å²) in [6.45, 7) is 1.04. The number of carbonyl (C=O) groups excluding carboxylic acids is 3. The monoisotopic (exact) mass is 534 g/mol. The Labute approximate surface area is 211 Å². The molecule has 0 bridgehead atoms. The van der Waals surface area contributed by atoms with Crippen LogP contribution in [0.3, 0.4) is 0 Å². The van der Waals surface area contributed by atoms with Crippen molar-refractivity contribution in [3.05, 3.63) is 68.0 Å². The molecule has 1 aromatic heterocycles. The summed E-state index contributed by atoms with van der Waals surface area (Å²) in [5, 5.41) is 11.8. The number of esters is 2. The molecular formula is C22H18N2O8S3. The van der Waals surface area contributed by atoms with Gasteiger partial charge in [-0.1, -0.05) is 32.9 Å². The topological polar surface area (TPSA) is 134 Å². The summed E-state index contributed by atoms with van der Waals surface area (Å²) < 4.78 is 11.5. The number of rotatable bonds is 10. The Morgan fingerprint density at radius 1 is 1.06 bits per heavy atom. The van der Waals surface area contributed by atoms with Crippen molar-refractivity contribution in [1.29, 1.82) is 0 Å². The Morgan fingerprint density at radius 2 is 1.80 bits per heavy atom. The normalized spacial score (nSPS) is 10.3. The quantitative estimate of drug-likeness (QED) is 0.0701. The summed E-state index contributed by atoms with van der Waals surface area (Å²) in [6.07, 6.45) is -0.124. The van der Waals surface area contributed by atoms with Gasteiger partial charge in [0.1, 0.15) is 20.9 Å². The van der Waals surface area contributed by atoms with Crippen LogP contribution in [-0.4, -0.2) is 29.5 Å². The van der Waals surface area contributed by atoms with Crippen molar-refractivity contribution in [3.63, 3.8) is 0 Å². The molecule has 0 saturated carbocycles. The molecular weight excluding hydrogens is 516 g/mol. The summed E-state index contributed by atoms with van der Waals surface area (Å²) in [6, 6.07) is 12.9. The van der Waals surface area contributed by atoms with Gasteiger partial charge in [0.05, 0.1) is 6.61 Å². The smallest absolute Gasteiger partial charge is 0.347 e. The molecule has 0 radical (unpaired) electrons. The van der Waals surface area contributed by atoms with E-state index in [0.29, 0.717) is 5.69 Å².